The number of nitrogens with one attached hydrogen (secondary N) is 2. The van der Waals surface area contributed by atoms with Crippen molar-refractivity contribution in [1.82, 2.24) is 14.5 Å². The topological polar surface area (TPSA) is 71.9 Å². The van der Waals surface area contributed by atoms with Gasteiger partial charge in [-0.2, -0.15) is 0 Å². The molecule has 0 bridgehead atoms. The monoisotopic (exact) mass is 374 g/mol. The number of rotatable bonds is 7. The van der Waals surface area contributed by atoms with Crippen molar-refractivity contribution in [2.24, 2.45) is 0 Å². The standard InChI is InChI=1S/C22H22N4O2/c1-16-18(17-6-2-3-7-19(17)24-16)14-22(27)25-20-8-4-5-9-21(20)28-13-12-26-11-10-23-15-26/h2-11,15,24H,12-14H2,1H3,(H,25,27). The van der Waals surface area contributed by atoms with Crippen LogP contribution in [0.15, 0.2) is 67.3 Å². The molecular formula is C22H22N4O2. The van der Waals surface area contributed by atoms with Gasteiger partial charge in [0.2, 0.25) is 5.91 Å². The summed E-state index contributed by atoms with van der Waals surface area (Å²) >= 11 is 0. The number of aryl methyl sites for hydroxylation is 1. The number of ether oxygens (including phenoxy) is 1. The maximum Gasteiger partial charge on any atom is 0.228 e. The van der Waals surface area contributed by atoms with Crippen LogP contribution >= 0.6 is 0 Å². The Labute approximate surface area is 163 Å². The molecule has 0 saturated carbocycles. The van der Waals surface area contributed by atoms with Crippen molar-refractivity contribution >= 4 is 22.5 Å². The molecule has 0 saturated heterocycles. The second-order valence-corrected chi connectivity index (χ2v) is 6.64. The number of aromatic nitrogens is 3. The first kappa shape index (κ1) is 17.9. The van der Waals surface area contributed by atoms with Crippen molar-refractivity contribution < 1.29 is 9.53 Å². The maximum atomic E-state index is 12.7. The highest BCUT2D eigenvalue weighted by Gasteiger charge is 2.14. The molecule has 2 N–H and O–H groups in total. The minimum absolute atomic E-state index is 0.0708. The van der Waals surface area contributed by atoms with Crippen molar-refractivity contribution in [3.63, 3.8) is 0 Å². The van der Waals surface area contributed by atoms with Gasteiger partial charge in [-0.3, -0.25) is 4.79 Å². The fraction of sp³-hybridized carbons (Fsp3) is 0.182. The molecule has 1 amide bonds. The molecule has 0 unspecified atom stereocenters. The van der Waals surface area contributed by atoms with Gasteiger partial charge in [-0.1, -0.05) is 30.3 Å². The first-order chi connectivity index (χ1) is 13.7. The zero-order chi connectivity index (χ0) is 19.3. The zero-order valence-electron chi connectivity index (χ0n) is 15.7. The van der Waals surface area contributed by atoms with Crippen LogP contribution in [-0.4, -0.2) is 27.0 Å². The van der Waals surface area contributed by atoms with Gasteiger partial charge in [-0.15, -0.1) is 0 Å². The molecule has 2 aromatic heterocycles. The van der Waals surface area contributed by atoms with Gasteiger partial charge in [0.05, 0.1) is 25.0 Å². The number of aromatic amines is 1. The molecule has 2 heterocycles. The Morgan fingerprint density at radius 3 is 2.86 bits per heavy atom. The number of nitrogens with zero attached hydrogens (tertiary/aromatic N) is 2. The molecule has 0 fully saturated rings. The number of anilines is 1. The second-order valence-electron chi connectivity index (χ2n) is 6.64. The van der Waals surface area contributed by atoms with E-state index in [2.05, 4.69) is 15.3 Å². The van der Waals surface area contributed by atoms with Crippen LogP contribution in [0.1, 0.15) is 11.3 Å². The highest BCUT2D eigenvalue weighted by Crippen LogP contribution is 2.26. The number of fused-ring (bicyclic) bond motifs is 1. The lowest BCUT2D eigenvalue weighted by Gasteiger charge is -2.13. The van der Waals surface area contributed by atoms with E-state index in [-0.39, 0.29) is 5.91 Å². The summed E-state index contributed by atoms with van der Waals surface area (Å²) in [6, 6.07) is 15.5. The number of carbonyl (C=O) groups is 1. The van der Waals surface area contributed by atoms with Crippen LogP contribution in [0, 0.1) is 6.92 Å². The minimum Gasteiger partial charge on any atom is -0.490 e. The molecule has 2 aromatic carbocycles. The van der Waals surface area contributed by atoms with E-state index in [1.807, 2.05) is 66.2 Å². The molecule has 0 aliphatic rings. The van der Waals surface area contributed by atoms with Crippen LogP contribution in [0.3, 0.4) is 0 Å². The molecule has 0 aliphatic carbocycles. The van der Waals surface area contributed by atoms with E-state index in [0.29, 0.717) is 31.0 Å². The SMILES string of the molecule is Cc1[nH]c2ccccc2c1CC(=O)Nc1ccccc1OCCn1ccnc1. The Kier molecular flexibility index (Phi) is 5.10. The van der Waals surface area contributed by atoms with Crippen LogP contribution in [-0.2, 0) is 17.8 Å². The predicted molar refractivity (Wildman–Crippen MR) is 110 cm³/mol. The fourth-order valence-corrected chi connectivity index (χ4v) is 3.29. The molecule has 4 rings (SSSR count). The molecule has 4 aromatic rings. The van der Waals surface area contributed by atoms with Gasteiger partial charge in [0, 0.05) is 29.0 Å². The van der Waals surface area contributed by atoms with Gasteiger partial charge >= 0.3 is 0 Å². The van der Waals surface area contributed by atoms with E-state index >= 15 is 0 Å². The van der Waals surface area contributed by atoms with Crippen LogP contribution in [0.5, 0.6) is 5.75 Å². The smallest absolute Gasteiger partial charge is 0.228 e. The minimum atomic E-state index is -0.0708. The summed E-state index contributed by atoms with van der Waals surface area (Å²) in [7, 11) is 0. The molecule has 0 spiro atoms. The number of para-hydroxylation sites is 3. The van der Waals surface area contributed by atoms with E-state index in [0.717, 1.165) is 22.2 Å². The lowest BCUT2D eigenvalue weighted by Crippen LogP contribution is -2.16. The summed E-state index contributed by atoms with van der Waals surface area (Å²) in [4.78, 5) is 20.0. The fourth-order valence-electron chi connectivity index (χ4n) is 3.29. The number of H-pyrrole nitrogens is 1. The Balaban J connectivity index is 1.43. The molecule has 6 nitrogen and oxygen atoms in total. The third-order valence-corrected chi connectivity index (χ3v) is 4.69. The van der Waals surface area contributed by atoms with Gasteiger partial charge < -0.3 is 19.6 Å². The van der Waals surface area contributed by atoms with Crippen molar-refractivity contribution in [2.75, 3.05) is 11.9 Å². The summed E-state index contributed by atoms with van der Waals surface area (Å²) < 4.78 is 7.82. The Morgan fingerprint density at radius 1 is 1.18 bits per heavy atom. The maximum absolute atomic E-state index is 12.7. The molecule has 28 heavy (non-hydrogen) atoms. The van der Waals surface area contributed by atoms with Crippen LogP contribution in [0.25, 0.3) is 10.9 Å². The highest BCUT2D eigenvalue weighted by molar-refractivity contribution is 5.97. The lowest BCUT2D eigenvalue weighted by atomic mass is 10.1. The number of benzene rings is 2. The highest BCUT2D eigenvalue weighted by atomic mass is 16.5. The molecule has 142 valence electrons. The number of amides is 1. The molecule has 6 heteroatoms. The van der Waals surface area contributed by atoms with Gasteiger partial charge in [-0.05, 0) is 30.7 Å². The van der Waals surface area contributed by atoms with Gasteiger partial charge in [-0.25, -0.2) is 4.98 Å². The number of hydrogen-bond donors (Lipinski definition) is 2. The summed E-state index contributed by atoms with van der Waals surface area (Å²) in [6.07, 6.45) is 5.68. The van der Waals surface area contributed by atoms with Gasteiger partial charge in [0.15, 0.2) is 0 Å². The Bertz CT molecular complexity index is 1080. The van der Waals surface area contributed by atoms with Crippen LogP contribution < -0.4 is 10.1 Å². The number of imidazole rings is 1. The van der Waals surface area contributed by atoms with Crippen LogP contribution in [0.2, 0.25) is 0 Å². The Hall–Kier alpha value is -3.54. The van der Waals surface area contributed by atoms with Crippen molar-refractivity contribution in [3.05, 3.63) is 78.5 Å². The normalized spacial score (nSPS) is 10.9. The third kappa shape index (κ3) is 3.91. The third-order valence-electron chi connectivity index (χ3n) is 4.69. The first-order valence-corrected chi connectivity index (χ1v) is 9.24. The lowest BCUT2D eigenvalue weighted by molar-refractivity contribution is -0.115. The van der Waals surface area contributed by atoms with Crippen molar-refractivity contribution in [3.8, 4) is 5.75 Å². The predicted octanol–water partition coefficient (Wildman–Crippen LogP) is 3.93. The molecule has 0 aliphatic heterocycles. The quantitative estimate of drug-likeness (QED) is 0.515. The van der Waals surface area contributed by atoms with E-state index in [9.17, 15) is 4.79 Å². The molecular weight excluding hydrogens is 352 g/mol. The van der Waals surface area contributed by atoms with E-state index in [1.54, 1.807) is 12.5 Å². The Morgan fingerprint density at radius 2 is 2.00 bits per heavy atom. The van der Waals surface area contributed by atoms with Gasteiger partial charge in [0.1, 0.15) is 12.4 Å². The summed E-state index contributed by atoms with van der Waals surface area (Å²) in [5.41, 5.74) is 3.76. The first-order valence-electron chi connectivity index (χ1n) is 9.24. The van der Waals surface area contributed by atoms with Crippen molar-refractivity contribution in [1.29, 1.82) is 0 Å². The summed E-state index contributed by atoms with van der Waals surface area (Å²) in [5.74, 6) is 0.588. The number of hydrogen-bond acceptors (Lipinski definition) is 3. The van der Waals surface area contributed by atoms with Crippen LogP contribution in [0.4, 0.5) is 5.69 Å². The zero-order valence-corrected chi connectivity index (χ0v) is 15.7. The van der Waals surface area contributed by atoms with Crippen molar-refractivity contribution in [2.45, 2.75) is 19.9 Å². The molecule has 0 radical (unpaired) electrons. The molecule has 0 atom stereocenters. The summed E-state index contributed by atoms with van der Waals surface area (Å²) in [5, 5.41) is 4.07. The average Bonchev–Trinajstić information content (AvgIpc) is 3.31. The second kappa shape index (κ2) is 8.00. The largest absolute Gasteiger partial charge is 0.490 e. The van der Waals surface area contributed by atoms with Gasteiger partial charge in [0.25, 0.3) is 0 Å². The average molecular weight is 374 g/mol. The van der Waals surface area contributed by atoms with E-state index in [1.165, 1.54) is 0 Å². The number of carbonyl (C=O) groups excluding carboxylic acids is 1. The van der Waals surface area contributed by atoms with E-state index < -0.39 is 0 Å². The summed E-state index contributed by atoms with van der Waals surface area (Å²) in [6.45, 7) is 3.18. The van der Waals surface area contributed by atoms with E-state index in [4.69, 9.17) is 4.74 Å².